The van der Waals surface area contributed by atoms with Crippen molar-refractivity contribution in [3.05, 3.63) is 29.3 Å². The molecule has 0 aliphatic carbocycles. The van der Waals surface area contributed by atoms with Gasteiger partial charge < -0.3 is 16.4 Å². The zero-order chi connectivity index (χ0) is 14.6. The smallest absolute Gasteiger partial charge is 0.251 e. The summed E-state index contributed by atoms with van der Waals surface area (Å²) < 4.78 is 0. The molecule has 0 aliphatic heterocycles. The highest BCUT2D eigenvalue weighted by molar-refractivity contribution is 5.97. The topological polar surface area (TPSA) is 84.2 Å². The maximum atomic E-state index is 12.0. The first kappa shape index (κ1) is 15.0. The molecule has 1 aromatic carbocycles. The van der Waals surface area contributed by atoms with Gasteiger partial charge in [0.1, 0.15) is 6.04 Å². The van der Waals surface area contributed by atoms with Crippen molar-refractivity contribution in [2.45, 2.75) is 39.8 Å². The molecule has 5 nitrogen and oxygen atoms in total. The van der Waals surface area contributed by atoms with Gasteiger partial charge in [0, 0.05) is 17.3 Å². The Morgan fingerprint density at radius 1 is 1.16 bits per heavy atom. The lowest BCUT2D eigenvalue weighted by Gasteiger charge is -2.16. The third kappa shape index (κ3) is 4.28. The number of hydrogen-bond donors (Lipinski definition) is 3. The molecule has 1 rings (SSSR count). The fourth-order valence-electron chi connectivity index (χ4n) is 1.57. The zero-order valence-corrected chi connectivity index (χ0v) is 11.8. The molecule has 1 unspecified atom stereocenters. The number of amides is 2. The highest BCUT2D eigenvalue weighted by atomic mass is 16.2. The molecule has 1 atom stereocenters. The van der Waals surface area contributed by atoms with Crippen LogP contribution in [0.4, 0.5) is 5.69 Å². The summed E-state index contributed by atoms with van der Waals surface area (Å²) in [5.74, 6) is -0.481. The van der Waals surface area contributed by atoms with E-state index in [9.17, 15) is 9.59 Å². The van der Waals surface area contributed by atoms with Crippen LogP contribution in [-0.4, -0.2) is 23.9 Å². The molecule has 0 heterocycles. The number of nitrogens with one attached hydrogen (secondary N) is 2. The number of benzene rings is 1. The normalized spacial score (nSPS) is 12.1. The van der Waals surface area contributed by atoms with Gasteiger partial charge in [-0.25, -0.2) is 0 Å². The Labute approximate surface area is 113 Å². The summed E-state index contributed by atoms with van der Waals surface area (Å²) in [6, 6.07) is 4.50. The van der Waals surface area contributed by atoms with E-state index < -0.39 is 6.04 Å². The van der Waals surface area contributed by atoms with Gasteiger partial charge in [0.2, 0.25) is 5.91 Å². The van der Waals surface area contributed by atoms with Gasteiger partial charge in [-0.1, -0.05) is 0 Å². The number of rotatable bonds is 4. The summed E-state index contributed by atoms with van der Waals surface area (Å²) in [4.78, 5) is 23.7. The summed E-state index contributed by atoms with van der Waals surface area (Å²) in [6.07, 6.45) is 0. The Morgan fingerprint density at radius 2 is 1.79 bits per heavy atom. The summed E-state index contributed by atoms with van der Waals surface area (Å²) in [5.41, 5.74) is 7.67. The largest absolute Gasteiger partial charge is 0.399 e. The molecule has 0 spiro atoms. The molecule has 1 aromatic rings. The molecular formula is C14H21N3O2. The summed E-state index contributed by atoms with van der Waals surface area (Å²) in [7, 11) is 0. The third-order valence-electron chi connectivity index (χ3n) is 2.70. The Kier molecular flexibility index (Phi) is 4.92. The lowest BCUT2D eigenvalue weighted by Crippen LogP contribution is -2.46. The van der Waals surface area contributed by atoms with Gasteiger partial charge in [0.15, 0.2) is 0 Å². The van der Waals surface area contributed by atoms with Crippen molar-refractivity contribution in [1.82, 2.24) is 10.6 Å². The van der Waals surface area contributed by atoms with Crippen molar-refractivity contribution in [1.29, 1.82) is 0 Å². The third-order valence-corrected chi connectivity index (χ3v) is 2.70. The van der Waals surface area contributed by atoms with E-state index in [1.165, 1.54) is 0 Å². The summed E-state index contributed by atoms with van der Waals surface area (Å²) >= 11 is 0. The van der Waals surface area contributed by atoms with E-state index in [4.69, 9.17) is 5.73 Å². The van der Waals surface area contributed by atoms with Crippen LogP contribution in [0.15, 0.2) is 18.2 Å². The lowest BCUT2D eigenvalue weighted by molar-refractivity contribution is -0.123. The van der Waals surface area contributed by atoms with Crippen LogP contribution in [0.25, 0.3) is 0 Å². The van der Waals surface area contributed by atoms with E-state index in [0.717, 1.165) is 5.56 Å². The Hall–Kier alpha value is -2.04. The van der Waals surface area contributed by atoms with E-state index in [1.807, 2.05) is 20.8 Å². The summed E-state index contributed by atoms with van der Waals surface area (Å²) in [5, 5.41) is 5.40. The average molecular weight is 263 g/mol. The second-order valence-electron chi connectivity index (χ2n) is 4.93. The molecule has 2 amide bonds. The first-order valence-corrected chi connectivity index (χ1v) is 6.28. The van der Waals surface area contributed by atoms with Gasteiger partial charge in [-0.05, 0) is 51.5 Å². The molecule has 5 heteroatoms. The minimum absolute atomic E-state index is 0.0469. The van der Waals surface area contributed by atoms with Crippen LogP contribution in [0.3, 0.4) is 0 Å². The van der Waals surface area contributed by atoms with Gasteiger partial charge in [-0.2, -0.15) is 0 Å². The fourth-order valence-corrected chi connectivity index (χ4v) is 1.57. The quantitative estimate of drug-likeness (QED) is 0.714. The van der Waals surface area contributed by atoms with Gasteiger partial charge in [-0.3, -0.25) is 9.59 Å². The van der Waals surface area contributed by atoms with Crippen LogP contribution in [0.5, 0.6) is 0 Å². The number of carbonyl (C=O) groups is 2. The first-order valence-electron chi connectivity index (χ1n) is 6.28. The molecule has 0 saturated carbocycles. The van der Waals surface area contributed by atoms with Crippen LogP contribution in [0.2, 0.25) is 0 Å². The molecule has 0 aliphatic rings. The molecule has 4 N–H and O–H groups in total. The Balaban J connectivity index is 2.68. The van der Waals surface area contributed by atoms with Gasteiger partial charge in [0.05, 0.1) is 0 Å². The van der Waals surface area contributed by atoms with Crippen molar-refractivity contribution in [3.8, 4) is 0 Å². The molecule has 19 heavy (non-hydrogen) atoms. The van der Waals surface area contributed by atoms with Crippen LogP contribution >= 0.6 is 0 Å². The molecule has 0 saturated heterocycles. The molecular weight excluding hydrogens is 242 g/mol. The first-order chi connectivity index (χ1) is 8.81. The molecule has 0 fully saturated rings. The van der Waals surface area contributed by atoms with Crippen molar-refractivity contribution >= 4 is 17.5 Å². The van der Waals surface area contributed by atoms with E-state index >= 15 is 0 Å². The minimum Gasteiger partial charge on any atom is -0.399 e. The SMILES string of the molecule is Cc1cc(C(=O)NC(C)C(=O)NC(C)C)ccc1N. The number of carbonyl (C=O) groups excluding carboxylic acids is 2. The average Bonchev–Trinajstić information content (AvgIpc) is 2.31. The van der Waals surface area contributed by atoms with Crippen molar-refractivity contribution in [2.75, 3.05) is 5.73 Å². The van der Waals surface area contributed by atoms with Crippen LogP contribution in [0.1, 0.15) is 36.7 Å². The predicted molar refractivity (Wildman–Crippen MR) is 75.8 cm³/mol. The second kappa shape index (κ2) is 6.22. The van der Waals surface area contributed by atoms with Gasteiger partial charge >= 0.3 is 0 Å². The van der Waals surface area contributed by atoms with Gasteiger partial charge in [0.25, 0.3) is 5.91 Å². The molecule has 104 valence electrons. The number of hydrogen-bond acceptors (Lipinski definition) is 3. The Morgan fingerprint density at radius 3 is 2.32 bits per heavy atom. The standard InChI is InChI=1S/C14H21N3O2/c1-8(2)16-13(18)10(4)17-14(19)11-5-6-12(15)9(3)7-11/h5-8,10H,15H2,1-4H3,(H,16,18)(H,17,19). The molecule has 0 radical (unpaired) electrons. The van der Waals surface area contributed by atoms with Crippen molar-refractivity contribution in [3.63, 3.8) is 0 Å². The van der Waals surface area contributed by atoms with Gasteiger partial charge in [-0.15, -0.1) is 0 Å². The highest BCUT2D eigenvalue weighted by Crippen LogP contribution is 2.12. The number of nitrogens with two attached hydrogens (primary N) is 1. The second-order valence-corrected chi connectivity index (χ2v) is 4.93. The zero-order valence-electron chi connectivity index (χ0n) is 11.8. The highest BCUT2D eigenvalue weighted by Gasteiger charge is 2.17. The predicted octanol–water partition coefficient (Wildman–Crippen LogP) is 1.22. The molecule has 0 bridgehead atoms. The monoisotopic (exact) mass is 263 g/mol. The fraction of sp³-hybridized carbons (Fsp3) is 0.429. The number of nitrogen functional groups attached to an aromatic ring is 1. The number of anilines is 1. The summed E-state index contributed by atoms with van der Waals surface area (Å²) in [6.45, 7) is 7.23. The van der Waals surface area contributed by atoms with Crippen LogP contribution < -0.4 is 16.4 Å². The maximum Gasteiger partial charge on any atom is 0.251 e. The maximum absolute atomic E-state index is 12.0. The van der Waals surface area contributed by atoms with E-state index in [2.05, 4.69) is 10.6 Å². The molecule has 0 aromatic heterocycles. The lowest BCUT2D eigenvalue weighted by atomic mass is 10.1. The van der Waals surface area contributed by atoms with Crippen LogP contribution in [0, 0.1) is 6.92 Å². The minimum atomic E-state index is -0.576. The van der Waals surface area contributed by atoms with E-state index in [1.54, 1.807) is 25.1 Å². The van der Waals surface area contributed by atoms with Crippen molar-refractivity contribution < 1.29 is 9.59 Å². The van der Waals surface area contributed by atoms with E-state index in [-0.39, 0.29) is 17.9 Å². The van der Waals surface area contributed by atoms with Crippen molar-refractivity contribution in [2.24, 2.45) is 0 Å². The van der Waals surface area contributed by atoms with Crippen LogP contribution in [-0.2, 0) is 4.79 Å². The number of aryl methyl sites for hydroxylation is 1. The Bertz CT molecular complexity index is 484. The van der Waals surface area contributed by atoms with E-state index in [0.29, 0.717) is 11.3 Å².